The van der Waals surface area contributed by atoms with E-state index in [1.165, 1.54) is 17.4 Å². The monoisotopic (exact) mass is 367 g/mol. The number of nitrogens with zero attached hydrogens (tertiary/aromatic N) is 2. The first-order valence-corrected chi connectivity index (χ1v) is 9.12. The SMILES string of the molecule is Cc1sc(Nc2ccc(Cl)cc2F)nc1C(=O)N1CCC[C@H](C)C1. The summed E-state index contributed by atoms with van der Waals surface area (Å²) in [7, 11) is 0. The highest BCUT2D eigenvalue weighted by atomic mass is 35.5. The van der Waals surface area contributed by atoms with Crippen molar-refractivity contribution in [3.05, 3.63) is 39.6 Å². The van der Waals surface area contributed by atoms with Crippen LogP contribution in [-0.2, 0) is 0 Å². The number of carbonyl (C=O) groups is 1. The van der Waals surface area contributed by atoms with Crippen molar-refractivity contribution in [1.82, 2.24) is 9.88 Å². The number of hydrogen-bond donors (Lipinski definition) is 1. The Morgan fingerprint density at radius 2 is 2.29 bits per heavy atom. The molecule has 1 N–H and O–H groups in total. The molecule has 1 fully saturated rings. The lowest BCUT2D eigenvalue weighted by molar-refractivity contribution is 0.0677. The van der Waals surface area contributed by atoms with Gasteiger partial charge in [0.1, 0.15) is 11.5 Å². The van der Waals surface area contributed by atoms with E-state index in [4.69, 9.17) is 11.6 Å². The highest BCUT2D eigenvalue weighted by molar-refractivity contribution is 7.15. The minimum Gasteiger partial charge on any atom is -0.337 e. The van der Waals surface area contributed by atoms with Crippen molar-refractivity contribution in [2.45, 2.75) is 26.7 Å². The molecule has 2 aromatic rings. The Morgan fingerprint density at radius 3 is 3.00 bits per heavy atom. The normalized spacial score (nSPS) is 17.8. The standard InChI is InChI=1S/C17H19ClFN3OS/c1-10-4-3-7-22(9-10)16(23)15-11(2)24-17(21-15)20-14-6-5-12(18)8-13(14)19/h5-6,8,10H,3-4,7,9H2,1-2H3,(H,20,21)/t10-/m0/s1. The summed E-state index contributed by atoms with van der Waals surface area (Å²) >= 11 is 7.10. The summed E-state index contributed by atoms with van der Waals surface area (Å²) in [4.78, 5) is 19.8. The van der Waals surface area contributed by atoms with Gasteiger partial charge in [-0.3, -0.25) is 4.79 Å². The van der Waals surface area contributed by atoms with E-state index in [1.807, 2.05) is 11.8 Å². The predicted molar refractivity (Wildman–Crippen MR) is 95.8 cm³/mol. The zero-order valence-electron chi connectivity index (χ0n) is 13.6. The van der Waals surface area contributed by atoms with Crippen LogP contribution in [0.5, 0.6) is 0 Å². The Bertz CT molecular complexity index is 764. The van der Waals surface area contributed by atoms with Gasteiger partial charge in [-0.1, -0.05) is 18.5 Å². The van der Waals surface area contributed by atoms with Gasteiger partial charge in [0.05, 0.1) is 5.69 Å². The van der Waals surface area contributed by atoms with E-state index in [-0.39, 0.29) is 5.91 Å². The van der Waals surface area contributed by atoms with Crippen LogP contribution >= 0.6 is 22.9 Å². The summed E-state index contributed by atoms with van der Waals surface area (Å²) in [5, 5.41) is 3.77. The largest absolute Gasteiger partial charge is 0.337 e. The van der Waals surface area contributed by atoms with Gasteiger partial charge >= 0.3 is 0 Å². The summed E-state index contributed by atoms with van der Waals surface area (Å²) < 4.78 is 13.9. The zero-order chi connectivity index (χ0) is 17.3. The number of halogens is 2. The number of thiazole rings is 1. The van der Waals surface area contributed by atoms with Crippen LogP contribution in [-0.4, -0.2) is 28.9 Å². The molecule has 1 aromatic carbocycles. The fourth-order valence-corrected chi connectivity index (χ4v) is 3.85. The van der Waals surface area contributed by atoms with Gasteiger partial charge in [-0.2, -0.15) is 0 Å². The Labute approximate surface area is 149 Å². The van der Waals surface area contributed by atoms with Crippen LogP contribution in [0.25, 0.3) is 0 Å². The molecule has 0 spiro atoms. The van der Waals surface area contributed by atoms with Gasteiger partial charge in [0.15, 0.2) is 5.13 Å². The number of benzene rings is 1. The number of carbonyl (C=O) groups excluding carboxylic acids is 1. The van der Waals surface area contributed by atoms with E-state index in [9.17, 15) is 9.18 Å². The number of nitrogens with one attached hydrogen (secondary N) is 1. The Morgan fingerprint density at radius 1 is 1.50 bits per heavy atom. The highest BCUT2D eigenvalue weighted by Gasteiger charge is 2.25. The van der Waals surface area contributed by atoms with Crippen molar-refractivity contribution < 1.29 is 9.18 Å². The molecule has 3 rings (SSSR count). The van der Waals surface area contributed by atoms with Crippen LogP contribution < -0.4 is 5.32 Å². The van der Waals surface area contributed by atoms with E-state index in [2.05, 4.69) is 17.2 Å². The minimum absolute atomic E-state index is 0.0417. The van der Waals surface area contributed by atoms with Crippen molar-refractivity contribution in [3.63, 3.8) is 0 Å². The lowest BCUT2D eigenvalue weighted by atomic mass is 10.00. The molecule has 7 heteroatoms. The molecular weight excluding hydrogens is 349 g/mol. The summed E-state index contributed by atoms with van der Waals surface area (Å²) in [5.41, 5.74) is 0.740. The third-order valence-corrected chi connectivity index (χ3v) is 5.24. The Balaban J connectivity index is 1.78. The number of piperidine rings is 1. The van der Waals surface area contributed by atoms with Gasteiger partial charge in [-0.25, -0.2) is 9.37 Å². The third-order valence-electron chi connectivity index (χ3n) is 4.12. The number of likely N-dealkylation sites (tertiary alicyclic amines) is 1. The van der Waals surface area contributed by atoms with E-state index < -0.39 is 5.82 Å². The Hall–Kier alpha value is -1.66. The van der Waals surface area contributed by atoms with Gasteiger partial charge in [-0.05, 0) is 43.9 Å². The van der Waals surface area contributed by atoms with Crippen LogP contribution in [0.15, 0.2) is 18.2 Å². The summed E-state index contributed by atoms with van der Waals surface area (Å²) in [6.07, 6.45) is 2.18. The maximum atomic E-state index is 13.9. The van der Waals surface area contributed by atoms with E-state index in [0.29, 0.717) is 27.5 Å². The number of aromatic nitrogens is 1. The molecule has 1 amide bonds. The summed E-state index contributed by atoms with van der Waals surface area (Å²) in [5.74, 6) is 0.0235. The van der Waals surface area contributed by atoms with Crippen molar-refractivity contribution >= 4 is 39.7 Å². The van der Waals surface area contributed by atoms with E-state index >= 15 is 0 Å². The van der Waals surface area contributed by atoms with Crippen molar-refractivity contribution in [2.24, 2.45) is 5.92 Å². The molecule has 4 nitrogen and oxygen atoms in total. The molecule has 0 radical (unpaired) electrons. The van der Waals surface area contributed by atoms with Gasteiger partial charge in [0, 0.05) is 23.0 Å². The topological polar surface area (TPSA) is 45.2 Å². The second-order valence-electron chi connectivity index (χ2n) is 6.17. The molecule has 2 heterocycles. The predicted octanol–water partition coefficient (Wildman–Crippen LogP) is 4.86. The molecule has 1 saturated heterocycles. The third kappa shape index (κ3) is 3.70. The molecule has 0 bridgehead atoms. The molecule has 0 aliphatic carbocycles. The Kier molecular flexibility index (Phi) is 5.06. The smallest absolute Gasteiger partial charge is 0.273 e. The molecule has 1 aromatic heterocycles. The first-order valence-electron chi connectivity index (χ1n) is 7.93. The fraction of sp³-hybridized carbons (Fsp3) is 0.412. The molecule has 1 atom stereocenters. The van der Waals surface area contributed by atoms with Gasteiger partial charge in [0.2, 0.25) is 0 Å². The van der Waals surface area contributed by atoms with E-state index in [1.54, 1.807) is 12.1 Å². The molecule has 0 unspecified atom stereocenters. The van der Waals surface area contributed by atoms with Crippen LogP contribution in [0, 0.1) is 18.7 Å². The maximum absolute atomic E-state index is 13.9. The zero-order valence-corrected chi connectivity index (χ0v) is 15.2. The maximum Gasteiger partial charge on any atom is 0.273 e. The molecular formula is C17H19ClFN3OS. The van der Waals surface area contributed by atoms with Crippen molar-refractivity contribution in [3.8, 4) is 0 Å². The number of aryl methyl sites for hydroxylation is 1. The number of rotatable bonds is 3. The lowest BCUT2D eigenvalue weighted by Crippen LogP contribution is -2.39. The molecule has 24 heavy (non-hydrogen) atoms. The fourth-order valence-electron chi connectivity index (χ4n) is 2.88. The van der Waals surface area contributed by atoms with E-state index in [0.717, 1.165) is 30.8 Å². The van der Waals surface area contributed by atoms with Crippen LogP contribution in [0.4, 0.5) is 15.2 Å². The first kappa shape index (κ1) is 17.2. The van der Waals surface area contributed by atoms with Gasteiger partial charge < -0.3 is 10.2 Å². The van der Waals surface area contributed by atoms with Crippen LogP contribution in [0.3, 0.4) is 0 Å². The van der Waals surface area contributed by atoms with Gasteiger partial charge in [0.25, 0.3) is 5.91 Å². The van der Waals surface area contributed by atoms with Crippen LogP contribution in [0.1, 0.15) is 35.1 Å². The minimum atomic E-state index is -0.451. The lowest BCUT2D eigenvalue weighted by Gasteiger charge is -2.30. The highest BCUT2D eigenvalue weighted by Crippen LogP contribution is 2.29. The number of anilines is 2. The van der Waals surface area contributed by atoms with Crippen molar-refractivity contribution in [2.75, 3.05) is 18.4 Å². The molecule has 1 aliphatic rings. The second kappa shape index (κ2) is 7.07. The average Bonchev–Trinajstić information content (AvgIpc) is 2.90. The molecule has 1 aliphatic heterocycles. The summed E-state index contributed by atoms with van der Waals surface area (Å²) in [6.45, 7) is 5.56. The van der Waals surface area contributed by atoms with Crippen LogP contribution in [0.2, 0.25) is 5.02 Å². The van der Waals surface area contributed by atoms with Crippen molar-refractivity contribution in [1.29, 1.82) is 0 Å². The van der Waals surface area contributed by atoms with Gasteiger partial charge in [-0.15, -0.1) is 11.3 Å². The molecule has 0 saturated carbocycles. The summed E-state index contributed by atoms with van der Waals surface area (Å²) in [6, 6.07) is 4.41. The molecule has 128 valence electrons. The number of hydrogen-bond acceptors (Lipinski definition) is 4. The average molecular weight is 368 g/mol. The second-order valence-corrected chi connectivity index (χ2v) is 7.81. The number of amides is 1. The first-order chi connectivity index (χ1) is 11.4. The quantitative estimate of drug-likeness (QED) is 0.842.